The van der Waals surface area contributed by atoms with Gasteiger partial charge in [0.25, 0.3) is 0 Å². The Hall–Kier alpha value is -0.480. The van der Waals surface area contributed by atoms with Gasteiger partial charge in [-0.3, -0.25) is 0 Å². The minimum absolute atomic E-state index is 0.616. The molecule has 0 bridgehead atoms. The number of hydrogen-bond acceptors (Lipinski definition) is 4. The van der Waals surface area contributed by atoms with E-state index in [1.807, 2.05) is 6.92 Å². The van der Waals surface area contributed by atoms with Crippen LogP contribution < -0.4 is 5.32 Å². The van der Waals surface area contributed by atoms with Gasteiger partial charge in [0.2, 0.25) is 0 Å². The lowest BCUT2D eigenvalue weighted by Crippen LogP contribution is -2.28. The van der Waals surface area contributed by atoms with E-state index in [1.54, 1.807) is 11.5 Å². The topological polar surface area (TPSA) is 37.8 Å². The summed E-state index contributed by atoms with van der Waals surface area (Å²) in [6.45, 7) is 4.19. The zero-order chi connectivity index (χ0) is 8.39. The van der Waals surface area contributed by atoms with Gasteiger partial charge in [0, 0.05) is 12.5 Å². The average molecular weight is 183 g/mol. The third kappa shape index (κ3) is 1.64. The third-order valence-corrected chi connectivity index (χ3v) is 3.16. The van der Waals surface area contributed by atoms with Gasteiger partial charge in [-0.25, -0.2) is 4.98 Å². The molecule has 1 aliphatic rings. The third-order valence-electron chi connectivity index (χ3n) is 2.19. The quantitative estimate of drug-likeness (QED) is 0.713. The summed E-state index contributed by atoms with van der Waals surface area (Å²) in [4.78, 5) is 4.40. The van der Waals surface area contributed by atoms with Crippen molar-refractivity contribution in [2.24, 2.45) is 0 Å². The van der Waals surface area contributed by atoms with Crippen LogP contribution in [0.2, 0.25) is 0 Å². The summed E-state index contributed by atoms with van der Waals surface area (Å²) in [5.41, 5.74) is 0. The van der Waals surface area contributed by atoms with Crippen molar-refractivity contribution in [3.8, 4) is 0 Å². The molecule has 1 aliphatic heterocycles. The number of nitrogens with one attached hydrogen (secondary N) is 1. The second-order valence-corrected chi connectivity index (χ2v) is 4.01. The summed E-state index contributed by atoms with van der Waals surface area (Å²) in [7, 11) is 0. The highest BCUT2D eigenvalue weighted by Crippen LogP contribution is 2.23. The Bertz CT molecular complexity index is 253. The van der Waals surface area contributed by atoms with Crippen molar-refractivity contribution >= 4 is 11.5 Å². The summed E-state index contributed by atoms with van der Waals surface area (Å²) in [6.07, 6.45) is 2.53. The van der Waals surface area contributed by atoms with Crippen LogP contribution in [-0.4, -0.2) is 22.4 Å². The fourth-order valence-corrected chi connectivity index (χ4v) is 2.33. The second kappa shape index (κ2) is 3.49. The van der Waals surface area contributed by atoms with Crippen molar-refractivity contribution in [2.75, 3.05) is 13.1 Å². The van der Waals surface area contributed by atoms with Gasteiger partial charge in [-0.05, 0) is 37.8 Å². The molecule has 0 spiro atoms. The van der Waals surface area contributed by atoms with Gasteiger partial charge in [0.1, 0.15) is 10.8 Å². The molecule has 1 atom stereocenters. The van der Waals surface area contributed by atoms with Crippen LogP contribution in [0.3, 0.4) is 0 Å². The van der Waals surface area contributed by atoms with E-state index in [9.17, 15) is 0 Å². The highest BCUT2D eigenvalue weighted by Gasteiger charge is 2.18. The van der Waals surface area contributed by atoms with Crippen LogP contribution in [0.5, 0.6) is 0 Å². The van der Waals surface area contributed by atoms with Crippen LogP contribution in [0.25, 0.3) is 0 Å². The Morgan fingerprint density at radius 2 is 2.50 bits per heavy atom. The van der Waals surface area contributed by atoms with Gasteiger partial charge in [0.05, 0.1) is 0 Å². The summed E-state index contributed by atoms with van der Waals surface area (Å²) in [6, 6.07) is 0. The van der Waals surface area contributed by atoms with E-state index >= 15 is 0 Å². The normalized spacial score (nSPS) is 24.2. The summed E-state index contributed by atoms with van der Waals surface area (Å²) in [5.74, 6) is 1.53. The molecule has 1 unspecified atom stereocenters. The molecule has 0 radical (unpaired) electrons. The van der Waals surface area contributed by atoms with E-state index in [-0.39, 0.29) is 0 Å². The summed E-state index contributed by atoms with van der Waals surface area (Å²) in [5, 5.41) is 4.59. The second-order valence-electron chi connectivity index (χ2n) is 3.22. The van der Waals surface area contributed by atoms with Crippen molar-refractivity contribution in [3.05, 3.63) is 10.8 Å². The van der Waals surface area contributed by atoms with Gasteiger partial charge in [-0.15, -0.1) is 0 Å². The Balaban J connectivity index is 2.08. The Kier molecular flexibility index (Phi) is 2.37. The van der Waals surface area contributed by atoms with Crippen LogP contribution in [0, 0.1) is 6.92 Å². The molecule has 0 amide bonds. The summed E-state index contributed by atoms with van der Waals surface area (Å²) >= 11 is 1.55. The molecule has 3 nitrogen and oxygen atoms in total. The van der Waals surface area contributed by atoms with E-state index in [4.69, 9.17) is 0 Å². The molecule has 12 heavy (non-hydrogen) atoms. The highest BCUT2D eigenvalue weighted by atomic mass is 32.1. The zero-order valence-electron chi connectivity index (χ0n) is 7.21. The Morgan fingerprint density at radius 1 is 1.58 bits per heavy atom. The van der Waals surface area contributed by atoms with E-state index in [0.717, 1.165) is 18.9 Å². The monoisotopic (exact) mass is 183 g/mol. The van der Waals surface area contributed by atoms with Gasteiger partial charge in [-0.1, -0.05) is 0 Å². The Morgan fingerprint density at radius 3 is 3.08 bits per heavy atom. The van der Waals surface area contributed by atoms with Crippen molar-refractivity contribution < 1.29 is 0 Å². The van der Waals surface area contributed by atoms with E-state index < -0.39 is 0 Å². The van der Waals surface area contributed by atoms with Gasteiger partial charge < -0.3 is 5.32 Å². The summed E-state index contributed by atoms with van der Waals surface area (Å²) < 4.78 is 4.19. The SMILES string of the molecule is Cc1nsc(C2CCCNC2)n1. The lowest BCUT2D eigenvalue weighted by molar-refractivity contribution is 0.460. The lowest BCUT2D eigenvalue weighted by Gasteiger charge is -2.19. The molecule has 1 fully saturated rings. The lowest BCUT2D eigenvalue weighted by atomic mass is 10.0. The largest absolute Gasteiger partial charge is 0.316 e. The van der Waals surface area contributed by atoms with E-state index in [0.29, 0.717) is 5.92 Å². The van der Waals surface area contributed by atoms with Crippen LogP contribution in [-0.2, 0) is 0 Å². The standard InChI is InChI=1S/C8H13N3S/c1-6-10-8(12-11-6)7-3-2-4-9-5-7/h7,9H,2-5H2,1H3. The minimum Gasteiger partial charge on any atom is -0.316 e. The maximum atomic E-state index is 4.40. The molecule has 1 aromatic rings. The number of rotatable bonds is 1. The first-order valence-corrected chi connectivity index (χ1v) is 5.14. The fourth-order valence-electron chi connectivity index (χ4n) is 1.54. The van der Waals surface area contributed by atoms with Gasteiger partial charge in [0.15, 0.2) is 0 Å². The predicted octanol–water partition coefficient (Wildman–Crippen LogP) is 1.31. The number of hydrogen-bond donors (Lipinski definition) is 1. The van der Waals surface area contributed by atoms with E-state index in [1.165, 1.54) is 17.8 Å². The van der Waals surface area contributed by atoms with E-state index in [2.05, 4.69) is 14.7 Å². The molecular formula is C8H13N3S. The molecule has 0 aromatic carbocycles. The van der Waals surface area contributed by atoms with Gasteiger partial charge in [-0.2, -0.15) is 4.37 Å². The average Bonchev–Trinajstić information content (AvgIpc) is 2.54. The predicted molar refractivity (Wildman–Crippen MR) is 49.5 cm³/mol. The van der Waals surface area contributed by atoms with Crippen molar-refractivity contribution in [3.63, 3.8) is 0 Å². The molecule has 1 N–H and O–H groups in total. The molecule has 66 valence electrons. The Labute approximate surface area is 76.4 Å². The first-order chi connectivity index (χ1) is 5.86. The zero-order valence-corrected chi connectivity index (χ0v) is 8.02. The number of aromatic nitrogens is 2. The molecule has 2 rings (SSSR count). The van der Waals surface area contributed by atoms with Crippen molar-refractivity contribution in [1.82, 2.24) is 14.7 Å². The maximum absolute atomic E-state index is 4.40. The molecule has 0 saturated carbocycles. The first-order valence-electron chi connectivity index (χ1n) is 4.37. The molecule has 1 saturated heterocycles. The number of aryl methyl sites for hydroxylation is 1. The molecule has 0 aliphatic carbocycles. The smallest absolute Gasteiger partial charge is 0.139 e. The molecule has 2 heterocycles. The highest BCUT2D eigenvalue weighted by molar-refractivity contribution is 7.05. The van der Waals surface area contributed by atoms with Crippen LogP contribution in [0.1, 0.15) is 29.6 Å². The number of nitrogens with zero attached hydrogens (tertiary/aromatic N) is 2. The van der Waals surface area contributed by atoms with Crippen molar-refractivity contribution in [2.45, 2.75) is 25.7 Å². The maximum Gasteiger partial charge on any atom is 0.139 e. The van der Waals surface area contributed by atoms with Crippen LogP contribution in [0.15, 0.2) is 0 Å². The van der Waals surface area contributed by atoms with Crippen molar-refractivity contribution in [1.29, 1.82) is 0 Å². The first kappa shape index (κ1) is 8.13. The van der Waals surface area contributed by atoms with Gasteiger partial charge >= 0.3 is 0 Å². The van der Waals surface area contributed by atoms with Crippen LogP contribution >= 0.6 is 11.5 Å². The molecular weight excluding hydrogens is 170 g/mol. The van der Waals surface area contributed by atoms with Crippen LogP contribution in [0.4, 0.5) is 0 Å². The number of piperidine rings is 1. The molecule has 1 aromatic heterocycles. The minimum atomic E-state index is 0.616. The fraction of sp³-hybridized carbons (Fsp3) is 0.750. The molecule has 4 heteroatoms.